The summed E-state index contributed by atoms with van der Waals surface area (Å²) in [7, 11) is 0. The van der Waals surface area contributed by atoms with Crippen LogP contribution >= 0.6 is 0 Å². The van der Waals surface area contributed by atoms with Gasteiger partial charge >= 0.3 is 6.16 Å². The Morgan fingerprint density at radius 3 is 2.30 bits per heavy atom. The molecular weight excluding hydrogens is 252 g/mol. The number of carbonyl (C=O) groups is 1. The van der Waals surface area contributed by atoms with E-state index in [-0.39, 0.29) is 6.10 Å². The molecule has 1 heterocycles. The van der Waals surface area contributed by atoms with Crippen molar-refractivity contribution in [3.05, 3.63) is 77.5 Å². The van der Waals surface area contributed by atoms with Crippen molar-refractivity contribution in [2.24, 2.45) is 0 Å². The van der Waals surface area contributed by atoms with E-state index in [9.17, 15) is 4.79 Å². The lowest BCUT2D eigenvalue weighted by molar-refractivity contribution is 0.00571. The van der Waals surface area contributed by atoms with Gasteiger partial charge in [0.25, 0.3) is 0 Å². The predicted molar refractivity (Wildman–Crippen MR) is 75.8 cm³/mol. The van der Waals surface area contributed by atoms with Gasteiger partial charge in [-0.25, -0.2) is 4.79 Å². The average Bonchev–Trinajstić information content (AvgIpc) is 2.49. The fourth-order valence-corrected chi connectivity index (χ4v) is 2.19. The van der Waals surface area contributed by atoms with Crippen molar-refractivity contribution in [1.29, 1.82) is 0 Å². The van der Waals surface area contributed by atoms with Crippen LogP contribution in [0, 0.1) is 0 Å². The maximum absolute atomic E-state index is 11.6. The second kappa shape index (κ2) is 5.61. The summed E-state index contributed by atoms with van der Waals surface area (Å²) in [5.74, 6) is 0.626. The zero-order valence-electron chi connectivity index (χ0n) is 10.9. The highest BCUT2D eigenvalue weighted by Crippen LogP contribution is 2.31. The number of hydrogen-bond donors (Lipinski definition) is 0. The Morgan fingerprint density at radius 2 is 1.60 bits per heavy atom. The molecule has 0 unspecified atom stereocenters. The van der Waals surface area contributed by atoms with Gasteiger partial charge in [0, 0.05) is 6.42 Å². The van der Waals surface area contributed by atoms with Crippen molar-refractivity contribution in [2.45, 2.75) is 12.5 Å². The summed E-state index contributed by atoms with van der Waals surface area (Å²) in [5, 5.41) is 0. The van der Waals surface area contributed by atoms with Crippen LogP contribution in [0.4, 0.5) is 4.79 Å². The van der Waals surface area contributed by atoms with Crippen LogP contribution < -0.4 is 0 Å². The number of carbonyl (C=O) groups excluding carboxylic acids is 1. The fraction of sp³-hybridized carbons (Fsp3) is 0.118. The zero-order valence-corrected chi connectivity index (χ0v) is 10.9. The third-order valence-corrected chi connectivity index (χ3v) is 3.14. The van der Waals surface area contributed by atoms with E-state index in [1.807, 2.05) is 66.7 Å². The molecule has 100 valence electrons. The SMILES string of the molecule is O=C1O/C(=C\c2ccccc2)C[C@@H](c2ccccc2)O1. The molecule has 1 aliphatic heterocycles. The Morgan fingerprint density at radius 1 is 0.950 bits per heavy atom. The first-order valence-electron chi connectivity index (χ1n) is 6.50. The van der Waals surface area contributed by atoms with E-state index >= 15 is 0 Å². The summed E-state index contributed by atoms with van der Waals surface area (Å²) in [4.78, 5) is 11.6. The highest BCUT2D eigenvalue weighted by atomic mass is 16.7. The molecule has 0 N–H and O–H groups in total. The van der Waals surface area contributed by atoms with E-state index in [1.165, 1.54) is 0 Å². The number of ether oxygens (including phenoxy) is 2. The van der Waals surface area contributed by atoms with E-state index in [0.29, 0.717) is 12.2 Å². The summed E-state index contributed by atoms with van der Waals surface area (Å²) < 4.78 is 10.4. The highest BCUT2D eigenvalue weighted by Gasteiger charge is 2.26. The van der Waals surface area contributed by atoms with Crippen molar-refractivity contribution < 1.29 is 14.3 Å². The first kappa shape index (κ1) is 12.5. The van der Waals surface area contributed by atoms with Gasteiger partial charge in [0.1, 0.15) is 11.9 Å². The summed E-state index contributed by atoms with van der Waals surface area (Å²) in [6, 6.07) is 19.5. The molecule has 0 amide bonds. The summed E-state index contributed by atoms with van der Waals surface area (Å²) in [5.41, 5.74) is 1.98. The van der Waals surface area contributed by atoms with Crippen molar-refractivity contribution >= 4 is 12.2 Å². The Hall–Kier alpha value is -2.55. The lowest BCUT2D eigenvalue weighted by Crippen LogP contribution is -2.20. The monoisotopic (exact) mass is 266 g/mol. The molecule has 0 spiro atoms. The molecule has 3 rings (SSSR count). The first-order chi connectivity index (χ1) is 9.81. The molecule has 1 saturated heterocycles. The fourth-order valence-electron chi connectivity index (χ4n) is 2.19. The van der Waals surface area contributed by atoms with Crippen molar-refractivity contribution in [2.75, 3.05) is 0 Å². The average molecular weight is 266 g/mol. The maximum atomic E-state index is 11.6. The highest BCUT2D eigenvalue weighted by molar-refractivity contribution is 5.66. The molecule has 1 atom stereocenters. The van der Waals surface area contributed by atoms with Crippen LogP contribution in [0.25, 0.3) is 6.08 Å². The van der Waals surface area contributed by atoms with Gasteiger partial charge in [-0.3, -0.25) is 0 Å². The van der Waals surface area contributed by atoms with Crippen LogP contribution in [-0.4, -0.2) is 6.16 Å². The lowest BCUT2D eigenvalue weighted by Gasteiger charge is -2.24. The van der Waals surface area contributed by atoms with Gasteiger partial charge in [-0.2, -0.15) is 0 Å². The van der Waals surface area contributed by atoms with Gasteiger partial charge in [0.15, 0.2) is 0 Å². The minimum atomic E-state index is -0.646. The van der Waals surface area contributed by atoms with Crippen molar-refractivity contribution in [3.8, 4) is 0 Å². The number of rotatable bonds is 2. The molecule has 2 aromatic carbocycles. The minimum absolute atomic E-state index is 0.285. The van der Waals surface area contributed by atoms with Gasteiger partial charge in [0.2, 0.25) is 0 Å². The van der Waals surface area contributed by atoms with Gasteiger partial charge in [-0.1, -0.05) is 60.7 Å². The smallest absolute Gasteiger partial charge is 0.425 e. The van der Waals surface area contributed by atoms with Crippen LogP contribution in [0.15, 0.2) is 66.4 Å². The lowest BCUT2D eigenvalue weighted by atomic mass is 10.0. The van der Waals surface area contributed by atoms with E-state index in [2.05, 4.69) is 0 Å². The molecule has 0 aromatic heterocycles. The third-order valence-electron chi connectivity index (χ3n) is 3.14. The van der Waals surface area contributed by atoms with Crippen LogP contribution in [0.3, 0.4) is 0 Å². The molecule has 1 aliphatic rings. The van der Waals surface area contributed by atoms with E-state index < -0.39 is 6.16 Å². The molecular formula is C17H14O3. The van der Waals surface area contributed by atoms with Gasteiger partial charge in [0.05, 0.1) is 0 Å². The van der Waals surface area contributed by atoms with Gasteiger partial charge in [-0.05, 0) is 17.2 Å². The Balaban J connectivity index is 1.84. The minimum Gasteiger partial charge on any atom is -0.425 e. The molecule has 2 aromatic rings. The van der Waals surface area contributed by atoms with Crippen LogP contribution in [0.1, 0.15) is 23.7 Å². The van der Waals surface area contributed by atoms with Crippen LogP contribution in [0.2, 0.25) is 0 Å². The largest absolute Gasteiger partial charge is 0.514 e. The standard InChI is InChI=1S/C17H14O3/c18-17-19-15(11-13-7-3-1-4-8-13)12-16(20-17)14-9-5-2-6-10-14/h1-11,16H,12H2/b15-11-/t16-/m0/s1. The summed E-state index contributed by atoms with van der Waals surface area (Å²) in [6.45, 7) is 0. The van der Waals surface area contributed by atoms with Crippen LogP contribution in [0.5, 0.6) is 0 Å². The summed E-state index contributed by atoms with van der Waals surface area (Å²) >= 11 is 0. The molecule has 3 heteroatoms. The quantitative estimate of drug-likeness (QED) is 0.759. The first-order valence-corrected chi connectivity index (χ1v) is 6.50. The zero-order chi connectivity index (χ0) is 13.8. The molecule has 20 heavy (non-hydrogen) atoms. The third kappa shape index (κ3) is 2.88. The maximum Gasteiger partial charge on any atom is 0.514 e. The van der Waals surface area contributed by atoms with Crippen molar-refractivity contribution in [3.63, 3.8) is 0 Å². The van der Waals surface area contributed by atoms with Crippen LogP contribution in [-0.2, 0) is 9.47 Å². The van der Waals surface area contributed by atoms with Gasteiger partial charge in [-0.15, -0.1) is 0 Å². The molecule has 0 saturated carbocycles. The molecule has 3 nitrogen and oxygen atoms in total. The molecule has 0 radical (unpaired) electrons. The Kier molecular flexibility index (Phi) is 3.50. The van der Waals surface area contributed by atoms with E-state index in [1.54, 1.807) is 0 Å². The normalized spacial score (nSPS) is 20.3. The number of cyclic esters (lactones) is 2. The molecule has 0 aliphatic carbocycles. The molecule has 0 bridgehead atoms. The number of benzene rings is 2. The molecule has 1 fully saturated rings. The second-order valence-electron chi connectivity index (χ2n) is 4.59. The second-order valence-corrected chi connectivity index (χ2v) is 4.59. The Labute approximate surface area is 117 Å². The topological polar surface area (TPSA) is 35.5 Å². The van der Waals surface area contributed by atoms with E-state index in [4.69, 9.17) is 9.47 Å². The van der Waals surface area contributed by atoms with Gasteiger partial charge < -0.3 is 9.47 Å². The summed E-state index contributed by atoms with van der Waals surface area (Å²) in [6.07, 6.45) is 1.49. The predicted octanol–water partition coefficient (Wildman–Crippen LogP) is 4.33. The van der Waals surface area contributed by atoms with E-state index in [0.717, 1.165) is 11.1 Å². The Bertz CT molecular complexity index is 617. The van der Waals surface area contributed by atoms with Crippen molar-refractivity contribution in [1.82, 2.24) is 0 Å². The number of hydrogen-bond acceptors (Lipinski definition) is 3.